The van der Waals surface area contributed by atoms with Crippen LogP contribution in [0.1, 0.15) is 42.8 Å². The van der Waals surface area contributed by atoms with Crippen LogP contribution in [-0.2, 0) is 10.0 Å². The average molecular weight is 291 g/mol. The van der Waals surface area contributed by atoms with Crippen molar-refractivity contribution >= 4 is 27.3 Å². The number of carbonyl (C=O) groups is 1. The summed E-state index contributed by atoms with van der Waals surface area (Å²) in [5.41, 5.74) is 0. The van der Waals surface area contributed by atoms with E-state index in [9.17, 15) is 13.2 Å². The summed E-state index contributed by atoms with van der Waals surface area (Å²) in [7, 11) is -3.61. The van der Waals surface area contributed by atoms with E-state index in [1.165, 1.54) is 11.4 Å². The van der Waals surface area contributed by atoms with Crippen molar-refractivity contribution in [2.24, 2.45) is 0 Å². The molecule has 0 spiro atoms. The second-order valence-corrected chi connectivity index (χ2v) is 6.74. The zero-order chi connectivity index (χ0) is 13.8. The summed E-state index contributed by atoms with van der Waals surface area (Å²) in [6.07, 6.45) is 2.73. The number of carboxylic acids is 1. The summed E-state index contributed by atoms with van der Waals surface area (Å²) in [5.74, 6) is -1.11. The van der Waals surface area contributed by atoms with Crippen molar-refractivity contribution in [1.29, 1.82) is 0 Å². The maximum Gasteiger partial charge on any atom is 0.345 e. The molecule has 0 aliphatic rings. The lowest BCUT2D eigenvalue weighted by atomic mass is 10.2. The first-order chi connectivity index (χ1) is 8.36. The number of nitrogens with one attached hydrogen (secondary N) is 1. The molecule has 7 heteroatoms. The Morgan fingerprint density at radius 2 is 2.22 bits per heavy atom. The molecular weight excluding hydrogens is 274 g/mol. The minimum Gasteiger partial charge on any atom is -0.477 e. The lowest BCUT2D eigenvalue weighted by Gasteiger charge is -2.12. The van der Waals surface area contributed by atoms with Crippen LogP contribution < -0.4 is 4.72 Å². The Labute approximate surface area is 111 Å². The van der Waals surface area contributed by atoms with E-state index in [1.807, 2.05) is 6.92 Å². The zero-order valence-corrected chi connectivity index (χ0v) is 12.0. The standard InChI is InChI=1S/C11H17NO4S2/c1-3-4-5-8(2)12-18(15,16)9-6-10(11(13)14)17-7-9/h6-8,12H,3-5H2,1-2H3,(H,13,14). The van der Waals surface area contributed by atoms with Gasteiger partial charge >= 0.3 is 5.97 Å². The molecule has 2 N–H and O–H groups in total. The molecule has 1 unspecified atom stereocenters. The van der Waals surface area contributed by atoms with Crippen LogP contribution in [0.5, 0.6) is 0 Å². The van der Waals surface area contributed by atoms with Crippen molar-refractivity contribution in [3.05, 3.63) is 16.3 Å². The first-order valence-corrected chi connectivity index (χ1v) is 8.07. The minimum absolute atomic E-state index is 0.0215. The van der Waals surface area contributed by atoms with E-state index in [0.29, 0.717) is 0 Å². The van der Waals surface area contributed by atoms with Crippen molar-refractivity contribution in [2.45, 2.75) is 44.0 Å². The second-order valence-electron chi connectivity index (χ2n) is 4.12. The molecule has 0 bridgehead atoms. The molecule has 0 fully saturated rings. The number of thiophene rings is 1. The number of aromatic carboxylic acids is 1. The molecule has 18 heavy (non-hydrogen) atoms. The van der Waals surface area contributed by atoms with Crippen molar-refractivity contribution < 1.29 is 18.3 Å². The fourth-order valence-electron chi connectivity index (χ4n) is 1.47. The van der Waals surface area contributed by atoms with Gasteiger partial charge in [0.1, 0.15) is 4.88 Å². The summed E-state index contributed by atoms with van der Waals surface area (Å²) in [5, 5.41) is 10.1. The van der Waals surface area contributed by atoms with Crippen molar-refractivity contribution in [3.63, 3.8) is 0 Å². The van der Waals surface area contributed by atoms with Crippen LogP contribution in [0, 0.1) is 0 Å². The van der Waals surface area contributed by atoms with Gasteiger partial charge in [-0.25, -0.2) is 17.9 Å². The lowest BCUT2D eigenvalue weighted by molar-refractivity contribution is 0.0702. The van der Waals surface area contributed by atoms with Crippen LogP contribution >= 0.6 is 11.3 Å². The highest BCUT2D eigenvalue weighted by Gasteiger charge is 2.20. The number of carboxylic acid groups (broad SMARTS) is 1. The maximum atomic E-state index is 11.9. The monoisotopic (exact) mass is 291 g/mol. The smallest absolute Gasteiger partial charge is 0.345 e. The van der Waals surface area contributed by atoms with Crippen LogP contribution in [0.15, 0.2) is 16.3 Å². The Morgan fingerprint density at radius 1 is 1.56 bits per heavy atom. The largest absolute Gasteiger partial charge is 0.477 e. The first kappa shape index (κ1) is 15.1. The van der Waals surface area contributed by atoms with Gasteiger partial charge < -0.3 is 5.11 Å². The van der Waals surface area contributed by atoms with Crippen molar-refractivity contribution in [2.75, 3.05) is 0 Å². The third-order valence-electron chi connectivity index (χ3n) is 2.44. The van der Waals surface area contributed by atoms with Crippen LogP contribution in [0.25, 0.3) is 0 Å². The quantitative estimate of drug-likeness (QED) is 0.807. The Kier molecular flexibility index (Phi) is 5.30. The molecule has 1 atom stereocenters. The first-order valence-electron chi connectivity index (χ1n) is 5.71. The molecule has 0 saturated heterocycles. The number of hydrogen-bond donors (Lipinski definition) is 2. The average Bonchev–Trinajstić information content (AvgIpc) is 2.75. The summed E-state index contributed by atoms with van der Waals surface area (Å²) in [6, 6.07) is 1.03. The van der Waals surface area contributed by atoms with E-state index >= 15 is 0 Å². The van der Waals surface area contributed by atoms with Gasteiger partial charge in [0.25, 0.3) is 0 Å². The maximum absolute atomic E-state index is 11.9. The summed E-state index contributed by atoms with van der Waals surface area (Å²) >= 11 is 0.911. The molecule has 0 aliphatic heterocycles. The fraction of sp³-hybridized carbons (Fsp3) is 0.545. The summed E-state index contributed by atoms with van der Waals surface area (Å²) < 4.78 is 26.4. The van der Waals surface area contributed by atoms with Gasteiger partial charge in [0.15, 0.2) is 0 Å². The predicted octanol–water partition coefficient (Wildman–Crippen LogP) is 2.30. The fourth-order valence-corrected chi connectivity index (χ4v) is 3.86. The van der Waals surface area contributed by atoms with E-state index in [-0.39, 0.29) is 15.8 Å². The van der Waals surface area contributed by atoms with Gasteiger partial charge in [-0.2, -0.15) is 0 Å². The number of sulfonamides is 1. The Balaban J connectivity index is 2.76. The molecular formula is C11H17NO4S2. The van der Waals surface area contributed by atoms with Gasteiger partial charge in [0, 0.05) is 11.4 Å². The molecule has 1 rings (SSSR count). The minimum atomic E-state index is -3.61. The van der Waals surface area contributed by atoms with Crippen LogP contribution in [0.4, 0.5) is 0 Å². The SMILES string of the molecule is CCCCC(C)NS(=O)(=O)c1csc(C(=O)O)c1. The number of hydrogen-bond acceptors (Lipinski definition) is 4. The van der Waals surface area contributed by atoms with Crippen LogP contribution in [-0.4, -0.2) is 25.5 Å². The second kappa shape index (κ2) is 6.31. The molecule has 0 aromatic carbocycles. The van der Waals surface area contributed by atoms with Gasteiger partial charge in [-0.05, 0) is 19.4 Å². The van der Waals surface area contributed by atoms with Gasteiger partial charge in [0.05, 0.1) is 4.90 Å². The summed E-state index contributed by atoms with van der Waals surface area (Å²) in [6.45, 7) is 3.84. The third kappa shape index (κ3) is 4.08. The zero-order valence-electron chi connectivity index (χ0n) is 10.3. The molecule has 5 nitrogen and oxygen atoms in total. The molecule has 1 heterocycles. The van der Waals surface area contributed by atoms with Gasteiger partial charge in [-0.1, -0.05) is 19.8 Å². The molecule has 1 aromatic heterocycles. The van der Waals surface area contributed by atoms with E-state index in [2.05, 4.69) is 4.72 Å². The van der Waals surface area contributed by atoms with Crippen LogP contribution in [0.3, 0.4) is 0 Å². The predicted molar refractivity (Wildman–Crippen MR) is 70.6 cm³/mol. The van der Waals surface area contributed by atoms with Crippen molar-refractivity contribution in [1.82, 2.24) is 4.72 Å². The molecule has 0 radical (unpaired) electrons. The normalized spacial score (nSPS) is 13.4. The molecule has 0 saturated carbocycles. The molecule has 1 aromatic rings. The molecule has 0 amide bonds. The molecule has 102 valence electrons. The van der Waals surface area contributed by atoms with E-state index in [4.69, 9.17) is 5.11 Å². The highest BCUT2D eigenvalue weighted by molar-refractivity contribution is 7.89. The van der Waals surface area contributed by atoms with Crippen LogP contribution in [0.2, 0.25) is 0 Å². The summed E-state index contributed by atoms with van der Waals surface area (Å²) in [4.78, 5) is 10.7. The van der Waals surface area contributed by atoms with E-state index < -0.39 is 16.0 Å². The molecule has 0 aliphatic carbocycles. The highest BCUT2D eigenvalue weighted by atomic mass is 32.2. The Bertz CT molecular complexity index is 507. The third-order valence-corrected chi connectivity index (χ3v) is 5.08. The Hall–Kier alpha value is -0.920. The lowest BCUT2D eigenvalue weighted by Crippen LogP contribution is -2.32. The van der Waals surface area contributed by atoms with Gasteiger partial charge in [0.2, 0.25) is 10.0 Å². The van der Waals surface area contributed by atoms with Crippen molar-refractivity contribution in [3.8, 4) is 0 Å². The van der Waals surface area contributed by atoms with E-state index in [0.717, 1.165) is 30.6 Å². The van der Waals surface area contributed by atoms with Gasteiger partial charge in [-0.15, -0.1) is 11.3 Å². The topological polar surface area (TPSA) is 83.5 Å². The number of unbranched alkanes of at least 4 members (excludes halogenated alkanes) is 1. The van der Waals surface area contributed by atoms with Gasteiger partial charge in [-0.3, -0.25) is 0 Å². The Morgan fingerprint density at radius 3 is 2.72 bits per heavy atom. The van der Waals surface area contributed by atoms with E-state index in [1.54, 1.807) is 6.92 Å². The highest BCUT2D eigenvalue weighted by Crippen LogP contribution is 2.19. The number of rotatable bonds is 7.